The van der Waals surface area contributed by atoms with Crippen molar-refractivity contribution >= 4 is 29.3 Å². The maximum atomic E-state index is 6.05. The van der Waals surface area contributed by atoms with Gasteiger partial charge < -0.3 is 9.47 Å². The van der Waals surface area contributed by atoms with Crippen molar-refractivity contribution in [1.29, 1.82) is 0 Å². The molecule has 0 bridgehead atoms. The Labute approximate surface area is 285 Å². The number of nitrogens with zero attached hydrogens (tertiary/aromatic N) is 2. The molecule has 0 saturated heterocycles. The van der Waals surface area contributed by atoms with E-state index >= 15 is 0 Å². The van der Waals surface area contributed by atoms with Gasteiger partial charge in [-0.15, -0.1) is 0 Å². The average Bonchev–Trinajstić information content (AvgIpc) is 3.11. The first-order valence-corrected chi connectivity index (χ1v) is 17.3. The van der Waals surface area contributed by atoms with Crippen LogP contribution in [-0.4, -0.2) is 23.2 Å². The Kier molecular flexibility index (Phi) is 10.2. The summed E-state index contributed by atoms with van der Waals surface area (Å²) in [6, 6.07) is 27.2. The Bertz CT molecular complexity index is 2060. The third kappa shape index (κ3) is 7.13. The highest BCUT2D eigenvalue weighted by Crippen LogP contribution is 2.36. The van der Waals surface area contributed by atoms with Crippen molar-refractivity contribution in [2.75, 3.05) is 13.2 Å². The fourth-order valence-corrected chi connectivity index (χ4v) is 6.12. The van der Waals surface area contributed by atoms with Crippen LogP contribution in [0.3, 0.4) is 0 Å². The highest BCUT2D eigenvalue weighted by molar-refractivity contribution is 6.03. The summed E-state index contributed by atoms with van der Waals surface area (Å²) in [5.41, 5.74) is 9.73. The lowest BCUT2D eigenvalue weighted by Gasteiger charge is -2.19. The normalized spacial score (nSPS) is 13.4. The molecule has 6 rings (SSSR count). The minimum atomic E-state index is 0.450. The molecule has 244 valence electrons. The Balaban J connectivity index is 1.67. The summed E-state index contributed by atoms with van der Waals surface area (Å²) >= 11 is 0. The van der Waals surface area contributed by atoms with Crippen molar-refractivity contribution in [3.63, 3.8) is 0 Å². The van der Waals surface area contributed by atoms with Gasteiger partial charge in [0.15, 0.2) is 0 Å². The molecule has 0 radical (unpaired) electrons. The lowest BCUT2D eigenvalue weighted by molar-refractivity contribution is 0.271. The first-order chi connectivity index (χ1) is 23.3. The van der Waals surface area contributed by atoms with Crippen molar-refractivity contribution in [2.24, 2.45) is 11.8 Å². The Morgan fingerprint density at radius 3 is 1.79 bits per heavy atom. The highest BCUT2D eigenvalue weighted by atomic mass is 16.5. The summed E-state index contributed by atoms with van der Waals surface area (Å²) in [7, 11) is 0. The van der Waals surface area contributed by atoms with Gasteiger partial charge in [-0.1, -0.05) is 120 Å². The summed E-state index contributed by atoms with van der Waals surface area (Å²) in [5, 5.41) is 2.02. The van der Waals surface area contributed by atoms with E-state index in [2.05, 4.69) is 120 Å². The largest absolute Gasteiger partial charge is 0.493 e. The molecule has 48 heavy (non-hydrogen) atoms. The third-order valence-electron chi connectivity index (χ3n) is 8.44. The molecular formula is C44H46N2O2. The molecule has 4 heteroatoms. The van der Waals surface area contributed by atoms with Crippen LogP contribution >= 0.6 is 0 Å². The van der Waals surface area contributed by atoms with Gasteiger partial charge in [-0.05, 0) is 82.5 Å². The number of allylic oxidation sites excluding steroid dienone is 4. The number of aromatic nitrogens is 2. The van der Waals surface area contributed by atoms with E-state index in [4.69, 9.17) is 26.0 Å². The molecule has 0 unspecified atom stereocenters. The van der Waals surface area contributed by atoms with Gasteiger partial charge >= 0.3 is 0 Å². The van der Waals surface area contributed by atoms with Crippen molar-refractivity contribution in [1.82, 2.24) is 9.97 Å². The molecule has 0 N–H and O–H groups in total. The van der Waals surface area contributed by atoms with Crippen LogP contribution in [0.4, 0.5) is 0 Å². The van der Waals surface area contributed by atoms with Crippen LogP contribution in [0.25, 0.3) is 62.8 Å². The predicted molar refractivity (Wildman–Crippen MR) is 202 cm³/mol. The summed E-state index contributed by atoms with van der Waals surface area (Å²) in [6.45, 7) is 16.9. The van der Waals surface area contributed by atoms with Gasteiger partial charge in [0.25, 0.3) is 0 Å². The molecule has 4 nitrogen and oxygen atoms in total. The van der Waals surface area contributed by atoms with Crippen molar-refractivity contribution < 1.29 is 9.47 Å². The van der Waals surface area contributed by atoms with Crippen LogP contribution in [0, 0.1) is 11.8 Å². The fraction of sp³-hybridized carbons (Fsp3) is 0.273. The second-order valence-corrected chi connectivity index (χ2v) is 13.3. The molecule has 1 aliphatic carbocycles. The summed E-state index contributed by atoms with van der Waals surface area (Å²) < 4.78 is 12.1. The van der Waals surface area contributed by atoms with E-state index in [-0.39, 0.29) is 0 Å². The first kappa shape index (κ1) is 33.0. The molecule has 0 saturated carbocycles. The molecule has 0 amide bonds. The van der Waals surface area contributed by atoms with E-state index in [0.29, 0.717) is 25.0 Å². The quantitative estimate of drug-likeness (QED) is 0.145. The van der Waals surface area contributed by atoms with Crippen molar-refractivity contribution in [2.45, 2.75) is 53.9 Å². The van der Waals surface area contributed by atoms with Gasteiger partial charge in [0, 0.05) is 16.7 Å². The van der Waals surface area contributed by atoms with Crippen molar-refractivity contribution in [3.05, 3.63) is 113 Å². The van der Waals surface area contributed by atoms with Crippen molar-refractivity contribution in [3.8, 4) is 45.0 Å². The number of hydrogen-bond donors (Lipinski definition) is 0. The SMILES string of the molecule is C=c1c(-c2ccc(OCC(C)C)cc2)c2nc(-c3ccccc3)c(C3=CCCC=C3)nc2c(-c2ccc(OCC(C)C)cc2)/c1=C\CC. The molecule has 1 aliphatic rings. The molecular weight excluding hydrogens is 588 g/mol. The van der Waals surface area contributed by atoms with E-state index < -0.39 is 0 Å². The van der Waals surface area contributed by atoms with Crippen LogP contribution < -0.4 is 19.9 Å². The second kappa shape index (κ2) is 14.9. The fourth-order valence-electron chi connectivity index (χ4n) is 6.12. The van der Waals surface area contributed by atoms with Gasteiger partial charge in [0.05, 0.1) is 35.6 Å². The van der Waals surface area contributed by atoms with E-state index in [9.17, 15) is 0 Å². The minimum absolute atomic E-state index is 0.450. The minimum Gasteiger partial charge on any atom is -0.493 e. The summed E-state index contributed by atoms with van der Waals surface area (Å²) in [6.07, 6.45) is 11.9. The van der Waals surface area contributed by atoms with Crippen LogP contribution in [0.1, 0.15) is 59.6 Å². The smallest absolute Gasteiger partial charge is 0.119 e. The maximum absolute atomic E-state index is 6.05. The number of hydrogen-bond acceptors (Lipinski definition) is 4. The summed E-state index contributed by atoms with van der Waals surface area (Å²) in [4.78, 5) is 11.1. The third-order valence-corrected chi connectivity index (χ3v) is 8.44. The average molecular weight is 635 g/mol. The lowest BCUT2D eigenvalue weighted by Crippen LogP contribution is -2.29. The van der Waals surface area contributed by atoms with E-state index in [1.165, 1.54) is 0 Å². The first-order valence-electron chi connectivity index (χ1n) is 17.3. The zero-order chi connectivity index (χ0) is 33.6. The molecule has 1 heterocycles. The zero-order valence-electron chi connectivity index (χ0n) is 28.9. The van der Waals surface area contributed by atoms with E-state index in [0.717, 1.165) is 97.0 Å². The predicted octanol–water partition coefficient (Wildman–Crippen LogP) is 10.0. The highest BCUT2D eigenvalue weighted by Gasteiger charge is 2.22. The van der Waals surface area contributed by atoms with Crippen LogP contribution in [0.2, 0.25) is 0 Å². The van der Waals surface area contributed by atoms with Crippen LogP contribution in [0.15, 0.2) is 97.1 Å². The van der Waals surface area contributed by atoms with Gasteiger partial charge in [0.2, 0.25) is 0 Å². The van der Waals surface area contributed by atoms with Gasteiger partial charge in [-0.2, -0.15) is 0 Å². The molecule has 0 spiro atoms. The molecule has 1 aromatic heterocycles. The van der Waals surface area contributed by atoms with Gasteiger partial charge in [0.1, 0.15) is 11.5 Å². The topological polar surface area (TPSA) is 44.2 Å². The molecule has 4 aromatic carbocycles. The monoisotopic (exact) mass is 634 g/mol. The number of benzene rings is 4. The molecule has 5 aromatic rings. The standard InChI is InChI=1S/C44H46N2O2/c1-7-14-38-31(6)39(32-19-23-36(24-20-32)47-27-29(2)3)43-44(40(38)33-21-25-37(26-22-33)48-28-30(4)5)46-42(35-17-12-9-13-18-35)41(45-43)34-15-10-8-11-16-34/h8,10-12,14-26,29-30H,6-7,9,13,27-28H2,1-5H3/b38-14-. The molecule has 0 atom stereocenters. The lowest BCUT2D eigenvalue weighted by atomic mass is 9.91. The van der Waals surface area contributed by atoms with Gasteiger partial charge in [-0.25, -0.2) is 9.97 Å². The molecule has 0 aliphatic heterocycles. The zero-order valence-corrected chi connectivity index (χ0v) is 28.9. The Morgan fingerprint density at radius 2 is 1.25 bits per heavy atom. The Morgan fingerprint density at radius 1 is 0.688 bits per heavy atom. The maximum Gasteiger partial charge on any atom is 0.119 e. The summed E-state index contributed by atoms with van der Waals surface area (Å²) in [5.74, 6) is 2.62. The van der Waals surface area contributed by atoms with E-state index in [1.807, 2.05) is 18.2 Å². The molecule has 0 fully saturated rings. The number of ether oxygens (including phenoxy) is 2. The van der Waals surface area contributed by atoms with Gasteiger partial charge in [-0.3, -0.25) is 0 Å². The second-order valence-electron chi connectivity index (χ2n) is 13.3. The number of rotatable bonds is 11. The Hall–Kier alpha value is -4.96. The number of fused-ring (bicyclic) bond motifs is 1. The van der Waals surface area contributed by atoms with Crippen LogP contribution in [0.5, 0.6) is 11.5 Å². The van der Waals surface area contributed by atoms with Crippen LogP contribution in [-0.2, 0) is 0 Å². The van der Waals surface area contributed by atoms with E-state index in [1.54, 1.807) is 0 Å².